The molecular formula is C15H13ClFNO3S. The summed E-state index contributed by atoms with van der Waals surface area (Å²) in [5.41, 5.74) is 0.856. The van der Waals surface area contributed by atoms with E-state index in [1.807, 2.05) is 0 Å². The van der Waals surface area contributed by atoms with Gasteiger partial charge in [0.1, 0.15) is 18.2 Å². The number of benzene rings is 2. The minimum absolute atomic E-state index is 0.159. The SMILES string of the molecule is O=S(=O)(Cc1ccc(Cl)cc1)N1CCOc2ccc(F)cc21. The smallest absolute Gasteiger partial charge is 0.239 e. The number of hydrogen-bond donors (Lipinski definition) is 0. The third-order valence-electron chi connectivity index (χ3n) is 3.34. The Bertz CT molecular complexity index is 793. The predicted molar refractivity (Wildman–Crippen MR) is 83.3 cm³/mol. The highest BCUT2D eigenvalue weighted by Gasteiger charge is 2.29. The molecule has 0 amide bonds. The zero-order chi connectivity index (χ0) is 15.7. The van der Waals surface area contributed by atoms with Crippen molar-refractivity contribution in [3.8, 4) is 5.75 Å². The molecule has 22 heavy (non-hydrogen) atoms. The summed E-state index contributed by atoms with van der Waals surface area (Å²) in [6.45, 7) is 0.394. The fourth-order valence-corrected chi connectivity index (χ4v) is 4.02. The molecule has 0 bridgehead atoms. The van der Waals surface area contributed by atoms with Gasteiger partial charge in [-0.2, -0.15) is 0 Å². The molecule has 0 spiro atoms. The van der Waals surface area contributed by atoms with Crippen molar-refractivity contribution in [2.45, 2.75) is 5.75 Å². The van der Waals surface area contributed by atoms with Gasteiger partial charge in [0.05, 0.1) is 18.0 Å². The predicted octanol–water partition coefficient (Wildman–Crippen LogP) is 3.21. The van der Waals surface area contributed by atoms with Gasteiger partial charge in [-0.25, -0.2) is 12.8 Å². The summed E-state index contributed by atoms with van der Waals surface area (Å²) < 4.78 is 45.3. The van der Waals surface area contributed by atoms with Crippen LogP contribution in [0.5, 0.6) is 5.75 Å². The number of nitrogens with zero attached hydrogens (tertiary/aromatic N) is 1. The zero-order valence-corrected chi connectivity index (χ0v) is 13.1. The lowest BCUT2D eigenvalue weighted by atomic mass is 10.2. The molecule has 116 valence electrons. The molecule has 0 aromatic heterocycles. The van der Waals surface area contributed by atoms with E-state index in [-0.39, 0.29) is 24.6 Å². The molecule has 0 saturated heterocycles. The van der Waals surface area contributed by atoms with E-state index in [0.29, 0.717) is 16.3 Å². The van der Waals surface area contributed by atoms with Crippen LogP contribution in [0.3, 0.4) is 0 Å². The first kappa shape index (κ1) is 15.1. The van der Waals surface area contributed by atoms with E-state index in [0.717, 1.165) is 0 Å². The summed E-state index contributed by atoms with van der Waals surface area (Å²) in [5.74, 6) is -0.316. The van der Waals surface area contributed by atoms with Crippen LogP contribution in [0, 0.1) is 5.82 Å². The summed E-state index contributed by atoms with van der Waals surface area (Å²) >= 11 is 5.80. The quantitative estimate of drug-likeness (QED) is 0.861. The molecule has 2 aromatic rings. The van der Waals surface area contributed by atoms with Gasteiger partial charge in [0.2, 0.25) is 10.0 Å². The third kappa shape index (κ3) is 3.03. The fraction of sp³-hybridized carbons (Fsp3) is 0.200. The van der Waals surface area contributed by atoms with Gasteiger partial charge in [-0.1, -0.05) is 23.7 Å². The van der Waals surface area contributed by atoms with Crippen molar-refractivity contribution in [3.63, 3.8) is 0 Å². The lowest BCUT2D eigenvalue weighted by Gasteiger charge is -2.30. The molecule has 2 aromatic carbocycles. The Morgan fingerprint density at radius 1 is 1.18 bits per heavy atom. The van der Waals surface area contributed by atoms with Crippen LogP contribution in [0.25, 0.3) is 0 Å². The molecule has 0 fully saturated rings. The second kappa shape index (κ2) is 5.78. The minimum atomic E-state index is -3.64. The second-order valence-electron chi connectivity index (χ2n) is 4.92. The molecule has 1 aliphatic heterocycles. The van der Waals surface area contributed by atoms with Crippen molar-refractivity contribution in [2.24, 2.45) is 0 Å². The maximum atomic E-state index is 13.4. The van der Waals surface area contributed by atoms with Crippen LogP contribution in [0.15, 0.2) is 42.5 Å². The van der Waals surface area contributed by atoms with E-state index >= 15 is 0 Å². The summed E-state index contributed by atoms with van der Waals surface area (Å²) in [7, 11) is -3.64. The molecule has 4 nitrogen and oxygen atoms in total. The number of fused-ring (bicyclic) bond motifs is 1. The average molecular weight is 342 g/mol. The standard InChI is InChI=1S/C15H13ClFNO3S/c16-12-3-1-11(2-4-12)10-22(19,20)18-7-8-21-15-6-5-13(17)9-14(15)18/h1-6,9H,7-8,10H2. The van der Waals surface area contributed by atoms with Crippen LogP contribution in [-0.4, -0.2) is 21.6 Å². The summed E-state index contributed by atoms with van der Waals surface area (Å²) in [6.07, 6.45) is 0. The second-order valence-corrected chi connectivity index (χ2v) is 7.25. The molecule has 7 heteroatoms. The first-order valence-electron chi connectivity index (χ1n) is 6.63. The van der Waals surface area contributed by atoms with Gasteiger partial charge in [-0.05, 0) is 29.8 Å². The monoisotopic (exact) mass is 341 g/mol. The van der Waals surface area contributed by atoms with Crippen LogP contribution in [-0.2, 0) is 15.8 Å². The minimum Gasteiger partial charge on any atom is -0.489 e. The highest BCUT2D eigenvalue weighted by molar-refractivity contribution is 7.92. The first-order chi connectivity index (χ1) is 10.5. The topological polar surface area (TPSA) is 46.6 Å². The van der Waals surface area contributed by atoms with Gasteiger partial charge in [0.15, 0.2) is 0 Å². The van der Waals surface area contributed by atoms with Crippen LogP contribution >= 0.6 is 11.6 Å². The molecular weight excluding hydrogens is 329 g/mol. The molecule has 0 N–H and O–H groups in total. The molecule has 3 rings (SSSR count). The van der Waals surface area contributed by atoms with Crippen LogP contribution in [0.4, 0.5) is 10.1 Å². The van der Waals surface area contributed by atoms with Gasteiger partial charge >= 0.3 is 0 Å². The number of sulfonamides is 1. The maximum absolute atomic E-state index is 13.4. The maximum Gasteiger partial charge on any atom is 0.239 e. The summed E-state index contributed by atoms with van der Waals surface area (Å²) in [6, 6.07) is 10.5. The van der Waals surface area contributed by atoms with E-state index in [9.17, 15) is 12.8 Å². The number of halogens is 2. The van der Waals surface area contributed by atoms with Crippen LogP contribution in [0.1, 0.15) is 5.56 Å². The molecule has 1 heterocycles. The zero-order valence-electron chi connectivity index (χ0n) is 11.5. The average Bonchev–Trinajstić information content (AvgIpc) is 2.48. The molecule has 0 atom stereocenters. The molecule has 0 aliphatic carbocycles. The van der Waals surface area contributed by atoms with Gasteiger partial charge < -0.3 is 4.74 Å². The summed E-state index contributed by atoms with van der Waals surface area (Å²) in [5, 5.41) is 0.542. The van der Waals surface area contributed by atoms with Gasteiger partial charge in [-0.3, -0.25) is 4.31 Å². The Morgan fingerprint density at radius 3 is 2.64 bits per heavy atom. The number of ether oxygens (including phenoxy) is 1. The van der Waals surface area contributed by atoms with Crippen molar-refractivity contribution in [1.29, 1.82) is 0 Å². The summed E-state index contributed by atoms with van der Waals surface area (Å²) in [4.78, 5) is 0. The fourth-order valence-electron chi connectivity index (χ4n) is 2.32. The number of anilines is 1. The lowest BCUT2D eigenvalue weighted by molar-refractivity contribution is 0.315. The first-order valence-corrected chi connectivity index (χ1v) is 8.62. The number of rotatable bonds is 3. The largest absolute Gasteiger partial charge is 0.489 e. The van der Waals surface area contributed by atoms with E-state index in [1.54, 1.807) is 24.3 Å². The Labute approximate surface area is 133 Å². The highest BCUT2D eigenvalue weighted by Crippen LogP contribution is 2.34. The Kier molecular flexibility index (Phi) is 3.97. The van der Waals surface area contributed by atoms with Gasteiger partial charge in [0, 0.05) is 11.1 Å². The van der Waals surface area contributed by atoms with Gasteiger partial charge in [-0.15, -0.1) is 0 Å². The van der Waals surface area contributed by atoms with Crippen LogP contribution in [0.2, 0.25) is 5.02 Å². The lowest BCUT2D eigenvalue weighted by Crippen LogP contribution is -2.38. The van der Waals surface area contributed by atoms with Crippen molar-refractivity contribution >= 4 is 27.3 Å². The van der Waals surface area contributed by atoms with E-state index in [2.05, 4.69) is 0 Å². The molecule has 0 radical (unpaired) electrons. The molecule has 1 aliphatic rings. The normalized spacial score (nSPS) is 14.4. The van der Waals surface area contributed by atoms with E-state index < -0.39 is 15.8 Å². The Morgan fingerprint density at radius 2 is 1.91 bits per heavy atom. The van der Waals surface area contributed by atoms with Crippen molar-refractivity contribution in [1.82, 2.24) is 0 Å². The van der Waals surface area contributed by atoms with E-state index in [1.165, 1.54) is 22.5 Å². The Hall–Kier alpha value is -1.79. The third-order valence-corrected chi connectivity index (χ3v) is 5.34. The Balaban J connectivity index is 1.93. The van der Waals surface area contributed by atoms with Gasteiger partial charge in [0.25, 0.3) is 0 Å². The van der Waals surface area contributed by atoms with Crippen LogP contribution < -0.4 is 9.04 Å². The van der Waals surface area contributed by atoms with E-state index in [4.69, 9.17) is 16.3 Å². The molecule has 0 unspecified atom stereocenters. The number of hydrogen-bond acceptors (Lipinski definition) is 3. The molecule has 0 saturated carbocycles. The van der Waals surface area contributed by atoms with Crippen molar-refractivity contribution in [3.05, 3.63) is 58.9 Å². The highest BCUT2D eigenvalue weighted by atomic mass is 35.5. The van der Waals surface area contributed by atoms with Crippen molar-refractivity contribution < 1.29 is 17.5 Å². The van der Waals surface area contributed by atoms with Crippen molar-refractivity contribution in [2.75, 3.05) is 17.5 Å².